The molecule has 0 radical (unpaired) electrons. The normalized spacial score (nSPS) is 10.9. The maximum atomic E-state index is 5.66. The molecule has 0 aliphatic carbocycles. The second-order valence-corrected chi connectivity index (χ2v) is 4.41. The average Bonchev–Trinajstić information content (AvgIpc) is 2.41. The number of nitrogens with zero attached hydrogens (tertiary/aromatic N) is 3. The standard InChI is InChI=1S/C14H26N4/c1-4-17(5-2)10-7-11-18(6-3)14-9-8-13(15)12-16-14/h8-9,12H,4-7,10-11,15H2,1-3H3. The Balaban J connectivity index is 2.44. The van der Waals surface area contributed by atoms with Crippen molar-refractivity contribution >= 4 is 11.5 Å². The first-order valence-corrected chi connectivity index (χ1v) is 6.90. The highest BCUT2D eigenvalue weighted by Gasteiger charge is 2.06. The Hall–Kier alpha value is -1.29. The third-order valence-corrected chi connectivity index (χ3v) is 3.27. The van der Waals surface area contributed by atoms with Crippen LogP contribution in [0, 0.1) is 0 Å². The molecular formula is C14H26N4. The summed E-state index contributed by atoms with van der Waals surface area (Å²) in [5, 5.41) is 0. The number of hydrogen-bond acceptors (Lipinski definition) is 4. The Morgan fingerprint density at radius 3 is 2.28 bits per heavy atom. The van der Waals surface area contributed by atoms with E-state index in [4.69, 9.17) is 5.73 Å². The van der Waals surface area contributed by atoms with Crippen molar-refractivity contribution < 1.29 is 0 Å². The van der Waals surface area contributed by atoms with Crippen LogP contribution in [0.5, 0.6) is 0 Å². The fourth-order valence-electron chi connectivity index (χ4n) is 2.04. The summed E-state index contributed by atoms with van der Waals surface area (Å²) in [4.78, 5) is 9.12. The smallest absolute Gasteiger partial charge is 0.128 e. The van der Waals surface area contributed by atoms with Gasteiger partial charge in [-0.2, -0.15) is 0 Å². The predicted molar refractivity (Wildman–Crippen MR) is 78.9 cm³/mol. The summed E-state index contributed by atoms with van der Waals surface area (Å²) < 4.78 is 0. The van der Waals surface area contributed by atoms with Crippen LogP contribution in [0.2, 0.25) is 0 Å². The van der Waals surface area contributed by atoms with E-state index in [0.29, 0.717) is 0 Å². The first-order valence-electron chi connectivity index (χ1n) is 6.90. The monoisotopic (exact) mass is 250 g/mol. The Kier molecular flexibility index (Phi) is 6.50. The molecule has 0 aromatic carbocycles. The topological polar surface area (TPSA) is 45.4 Å². The van der Waals surface area contributed by atoms with E-state index >= 15 is 0 Å². The molecule has 0 spiro atoms. The fraction of sp³-hybridized carbons (Fsp3) is 0.643. The van der Waals surface area contributed by atoms with Gasteiger partial charge in [0.05, 0.1) is 11.9 Å². The maximum absolute atomic E-state index is 5.66. The van der Waals surface area contributed by atoms with Gasteiger partial charge < -0.3 is 15.5 Å². The Morgan fingerprint density at radius 1 is 1.06 bits per heavy atom. The van der Waals surface area contributed by atoms with E-state index in [2.05, 4.69) is 35.6 Å². The quantitative estimate of drug-likeness (QED) is 0.768. The summed E-state index contributed by atoms with van der Waals surface area (Å²) >= 11 is 0. The molecule has 0 saturated heterocycles. The molecule has 0 unspecified atom stereocenters. The zero-order valence-electron chi connectivity index (χ0n) is 11.9. The molecule has 0 atom stereocenters. The molecule has 4 heteroatoms. The van der Waals surface area contributed by atoms with Gasteiger partial charge in [0.2, 0.25) is 0 Å². The van der Waals surface area contributed by atoms with Crippen LogP contribution in [0.25, 0.3) is 0 Å². The molecule has 1 aromatic rings. The van der Waals surface area contributed by atoms with Gasteiger partial charge in [-0.25, -0.2) is 4.98 Å². The van der Waals surface area contributed by atoms with Gasteiger partial charge in [0.1, 0.15) is 5.82 Å². The van der Waals surface area contributed by atoms with Crippen molar-refractivity contribution in [3.63, 3.8) is 0 Å². The average molecular weight is 250 g/mol. The second-order valence-electron chi connectivity index (χ2n) is 4.41. The van der Waals surface area contributed by atoms with Crippen molar-refractivity contribution in [2.24, 2.45) is 0 Å². The summed E-state index contributed by atoms with van der Waals surface area (Å²) in [6.45, 7) is 12.0. The van der Waals surface area contributed by atoms with E-state index in [-0.39, 0.29) is 0 Å². The SMILES string of the molecule is CCN(CC)CCCN(CC)c1ccc(N)cn1. The number of nitrogen functional groups attached to an aromatic ring is 1. The highest BCUT2D eigenvalue weighted by molar-refractivity contribution is 5.45. The van der Waals surface area contributed by atoms with E-state index in [1.54, 1.807) is 6.20 Å². The van der Waals surface area contributed by atoms with Crippen molar-refractivity contribution in [2.75, 3.05) is 43.4 Å². The second kappa shape index (κ2) is 7.93. The highest BCUT2D eigenvalue weighted by atomic mass is 15.2. The minimum atomic E-state index is 0.720. The third-order valence-electron chi connectivity index (χ3n) is 3.27. The molecule has 2 N–H and O–H groups in total. The van der Waals surface area contributed by atoms with Crippen molar-refractivity contribution in [3.8, 4) is 0 Å². The van der Waals surface area contributed by atoms with E-state index < -0.39 is 0 Å². The van der Waals surface area contributed by atoms with E-state index in [1.165, 1.54) is 6.42 Å². The molecule has 0 aliphatic heterocycles. The first kappa shape index (κ1) is 14.8. The zero-order chi connectivity index (χ0) is 13.4. The summed E-state index contributed by atoms with van der Waals surface area (Å²) in [6, 6.07) is 3.91. The van der Waals surface area contributed by atoms with Gasteiger partial charge in [0, 0.05) is 13.1 Å². The number of pyridine rings is 1. The number of hydrogen-bond donors (Lipinski definition) is 1. The fourth-order valence-corrected chi connectivity index (χ4v) is 2.04. The van der Waals surface area contributed by atoms with Gasteiger partial charge in [-0.05, 0) is 45.1 Å². The lowest BCUT2D eigenvalue weighted by atomic mass is 10.3. The third kappa shape index (κ3) is 4.53. The van der Waals surface area contributed by atoms with E-state index in [9.17, 15) is 0 Å². The summed E-state index contributed by atoms with van der Waals surface area (Å²) in [6.07, 6.45) is 2.89. The molecule has 0 aliphatic rings. The molecule has 1 aromatic heterocycles. The molecule has 0 bridgehead atoms. The van der Waals surface area contributed by atoms with Gasteiger partial charge in [-0.3, -0.25) is 0 Å². The molecular weight excluding hydrogens is 224 g/mol. The Bertz CT molecular complexity index is 319. The van der Waals surface area contributed by atoms with Crippen molar-refractivity contribution in [1.82, 2.24) is 9.88 Å². The number of anilines is 2. The van der Waals surface area contributed by atoms with Crippen LogP contribution < -0.4 is 10.6 Å². The number of rotatable bonds is 8. The highest BCUT2D eigenvalue weighted by Crippen LogP contribution is 2.12. The number of aromatic nitrogens is 1. The molecule has 0 saturated carbocycles. The first-order chi connectivity index (χ1) is 8.71. The molecule has 0 amide bonds. The molecule has 18 heavy (non-hydrogen) atoms. The summed E-state index contributed by atoms with van der Waals surface area (Å²) in [5.41, 5.74) is 6.38. The molecule has 1 rings (SSSR count). The van der Waals surface area contributed by atoms with Gasteiger partial charge in [0.25, 0.3) is 0 Å². The number of nitrogens with two attached hydrogens (primary N) is 1. The van der Waals surface area contributed by atoms with Gasteiger partial charge in [-0.1, -0.05) is 13.8 Å². The largest absolute Gasteiger partial charge is 0.397 e. The summed E-state index contributed by atoms with van der Waals surface area (Å²) in [7, 11) is 0. The predicted octanol–water partition coefficient (Wildman–Crippen LogP) is 2.22. The molecule has 0 fully saturated rings. The van der Waals surface area contributed by atoms with Gasteiger partial charge >= 0.3 is 0 Å². The van der Waals surface area contributed by atoms with Crippen LogP contribution in [-0.4, -0.2) is 42.6 Å². The lowest BCUT2D eigenvalue weighted by Gasteiger charge is -2.24. The van der Waals surface area contributed by atoms with Crippen molar-refractivity contribution in [1.29, 1.82) is 0 Å². The van der Waals surface area contributed by atoms with Crippen LogP contribution in [0.15, 0.2) is 18.3 Å². The van der Waals surface area contributed by atoms with Crippen LogP contribution in [0.4, 0.5) is 11.5 Å². The van der Waals surface area contributed by atoms with Crippen molar-refractivity contribution in [3.05, 3.63) is 18.3 Å². The van der Waals surface area contributed by atoms with Gasteiger partial charge in [0.15, 0.2) is 0 Å². The van der Waals surface area contributed by atoms with Crippen LogP contribution in [-0.2, 0) is 0 Å². The van der Waals surface area contributed by atoms with E-state index in [0.717, 1.165) is 44.2 Å². The minimum Gasteiger partial charge on any atom is -0.397 e. The zero-order valence-corrected chi connectivity index (χ0v) is 11.9. The van der Waals surface area contributed by atoms with Crippen LogP contribution >= 0.6 is 0 Å². The van der Waals surface area contributed by atoms with Gasteiger partial charge in [-0.15, -0.1) is 0 Å². The summed E-state index contributed by atoms with van der Waals surface area (Å²) in [5.74, 6) is 1.02. The Labute approximate surface area is 111 Å². The van der Waals surface area contributed by atoms with Crippen molar-refractivity contribution in [2.45, 2.75) is 27.2 Å². The molecule has 1 heterocycles. The van der Waals surface area contributed by atoms with E-state index in [1.807, 2.05) is 12.1 Å². The lowest BCUT2D eigenvalue weighted by molar-refractivity contribution is 0.300. The van der Waals surface area contributed by atoms with Crippen LogP contribution in [0.3, 0.4) is 0 Å². The molecule has 102 valence electrons. The van der Waals surface area contributed by atoms with Crippen LogP contribution in [0.1, 0.15) is 27.2 Å². The maximum Gasteiger partial charge on any atom is 0.128 e. The molecule has 4 nitrogen and oxygen atoms in total. The minimum absolute atomic E-state index is 0.720. The Morgan fingerprint density at radius 2 is 1.78 bits per heavy atom. The lowest BCUT2D eigenvalue weighted by Crippen LogP contribution is -2.30.